The summed E-state index contributed by atoms with van der Waals surface area (Å²) in [6.45, 7) is 0.795. The Hall–Kier alpha value is -3.46. The zero-order valence-electron chi connectivity index (χ0n) is 17.7. The van der Waals surface area contributed by atoms with E-state index < -0.39 is 0 Å². The van der Waals surface area contributed by atoms with Gasteiger partial charge in [-0.2, -0.15) is 0 Å². The van der Waals surface area contributed by atoms with Crippen LogP contribution >= 0.6 is 11.3 Å². The third kappa shape index (κ3) is 3.96. The topological polar surface area (TPSA) is 74.5 Å². The van der Waals surface area contributed by atoms with E-state index in [-0.39, 0.29) is 5.56 Å². The van der Waals surface area contributed by atoms with Crippen LogP contribution in [0, 0.1) is 0 Å². The quantitative estimate of drug-likeness (QED) is 0.581. The fraction of sp³-hybridized carbons (Fsp3) is 0.273. The molecule has 3 aromatic rings. The standard InChI is InChI=1S/C22H23N3O5S/c1-27-16-7-5-14(6-8-16)9-19-21(26)25-13-24(12-23-22(25)31-19)15-10-17(28-2)20(30-4)18(11-15)29-3/h5-11H,12-13H2,1-4H3/b19-9-. The highest BCUT2D eigenvalue weighted by molar-refractivity contribution is 7.07. The van der Waals surface area contributed by atoms with E-state index in [1.54, 1.807) is 33.0 Å². The number of anilines is 1. The normalized spacial score (nSPS) is 13.4. The van der Waals surface area contributed by atoms with Gasteiger partial charge in [0.25, 0.3) is 5.56 Å². The molecule has 0 saturated heterocycles. The van der Waals surface area contributed by atoms with Crippen LogP contribution in [0.15, 0.2) is 46.2 Å². The zero-order chi connectivity index (χ0) is 22.0. The van der Waals surface area contributed by atoms with Gasteiger partial charge in [-0.1, -0.05) is 23.5 Å². The Balaban J connectivity index is 1.68. The van der Waals surface area contributed by atoms with Gasteiger partial charge in [0, 0.05) is 17.8 Å². The van der Waals surface area contributed by atoms with Crippen LogP contribution in [0.5, 0.6) is 23.0 Å². The lowest BCUT2D eigenvalue weighted by molar-refractivity contribution is 0.324. The molecule has 31 heavy (non-hydrogen) atoms. The van der Waals surface area contributed by atoms with Crippen molar-refractivity contribution in [3.05, 3.63) is 61.6 Å². The maximum absolute atomic E-state index is 13.0. The van der Waals surface area contributed by atoms with Crippen LogP contribution in [0.2, 0.25) is 0 Å². The lowest BCUT2D eigenvalue weighted by Gasteiger charge is -2.27. The molecule has 0 unspecified atom stereocenters. The molecule has 0 spiro atoms. The van der Waals surface area contributed by atoms with Crippen molar-refractivity contribution in [2.75, 3.05) is 40.0 Å². The molecule has 0 fully saturated rings. The highest BCUT2D eigenvalue weighted by Crippen LogP contribution is 2.41. The molecule has 0 aliphatic carbocycles. The minimum absolute atomic E-state index is 0.0725. The Kier molecular flexibility index (Phi) is 5.85. The first kappa shape index (κ1) is 20.8. The third-order valence-electron chi connectivity index (χ3n) is 5.01. The number of ether oxygens (including phenoxy) is 4. The van der Waals surface area contributed by atoms with E-state index in [9.17, 15) is 4.79 Å². The lowest BCUT2D eigenvalue weighted by atomic mass is 10.2. The molecule has 162 valence electrons. The van der Waals surface area contributed by atoms with Crippen LogP contribution in [0.4, 0.5) is 5.69 Å². The van der Waals surface area contributed by atoms with Crippen LogP contribution in [0.1, 0.15) is 5.56 Å². The number of hydrogen-bond acceptors (Lipinski definition) is 8. The summed E-state index contributed by atoms with van der Waals surface area (Å²) in [5, 5.41) is 0. The Bertz CT molecular complexity index is 1240. The molecule has 2 aromatic carbocycles. The molecule has 1 aliphatic rings. The van der Waals surface area contributed by atoms with Crippen LogP contribution in [0.25, 0.3) is 6.08 Å². The maximum atomic E-state index is 13.0. The van der Waals surface area contributed by atoms with Gasteiger partial charge < -0.3 is 23.8 Å². The second-order valence-corrected chi connectivity index (χ2v) is 7.77. The number of hydrogen-bond donors (Lipinski definition) is 0. The van der Waals surface area contributed by atoms with E-state index in [1.165, 1.54) is 11.3 Å². The average Bonchev–Trinajstić information content (AvgIpc) is 3.12. The third-order valence-corrected chi connectivity index (χ3v) is 6.05. The van der Waals surface area contributed by atoms with E-state index in [4.69, 9.17) is 18.9 Å². The molecule has 1 aromatic heterocycles. The van der Waals surface area contributed by atoms with Crippen molar-refractivity contribution < 1.29 is 18.9 Å². The summed E-state index contributed by atoms with van der Waals surface area (Å²) in [7, 11) is 6.34. The number of benzene rings is 2. The minimum atomic E-state index is -0.0725. The van der Waals surface area contributed by atoms with Crippen LogP contribution in [-0.4, -0.2) is 39.7 Å². The second-order valence-electron chi connectivity index (χ2n) is 6.76. The second kappa shape index (κ2) is 8.73. The summed E-state index contributed by atoms with van der Waals surface area (Å²) in [5.74, 6) is 2.39. The van der Waals surface area contributed by atoms with Crippen molar-refractivity contribution in [2.24, 2.45) is 4.99 Å². The number of nitrogens with zero attached hydrogens (tertiary/aromatic N) is 3. The molecular formula is C22H23N3O5S. The zero-order valence-corrected chi connectivity index (χ0v) is 18.6. The Morgan fingerprint density at radius 1 is 0.968 bits per heavy atom. The van der Waals surface area contributed by atoms with Crippen molar-refractivity contribution in [2.45, 2.75) is 6.67 Å². The number of methoxy groups -OCH3 is 4. The minimum Gasteiger partial charge on any atom is -0.497 e. The van der Waals surface area contributed by atoms with Gasteiger partial charge in [-0.25, -0.2) is 4.99 Å². The van der Waals surface area contributed by atoms with Crippen molar-refractivity contribution >= 4 is 23.1 Å². The molecule has 0 saturated carbocycles. The molecule has 0 atom stereocenters. The molecule has 4 rings (SSSR count). The van der Waals surface area contributed by atoms with Gasteiger partial charge in [-0.15, -0.1) is 0 Å². The largest absolute Gasteiger partial charge is 0.497 e. The first-order chi connectivity index (χ1) is 15.1. The first-order valence-electron chi connectivity index (χ1n) is 9.52. The fourth-order valence-corrected chi connectivity index (χ4v) is 4.34. The van der Waals surface area contributed by atoms with Gasteiger partial charge in [-0.3, -0.25) is 9.36 Å². The van der Waals surface area contributed by atoms with Gasteiger partial charge in [0.15, 0.2) is 16.3 Å². The van der Waals surface area contributed by atoms with Crippen molar-refractivity contribution in [1.29, 1.82) is 0 Å². The van der Waals surface area contributed by atoms with Crippen molar-refractivity contribution in [1.82, 2.24) is 4.57 Å². The van der Waals surface area contributed by atoms with Gasteiger partial charge in [0.2, 0.25) is 5.75 Å². The predicted octanol–water partition coefficient (Wildman–Crippen LogP) is 1.83. The van der Waals surface area contributed by atoms with E-state index >= 15 is 0 Å². The van der Waals surface area contributed by atoms with Crippen LogP contribution in [0.3, 0.4) is 0 Å². The average molecular weight is 442 g/mol. The summed E-state index contributed by atoms with van der Waals surface area (Å²) < 4.78 is 23.8. The molecule has 2 heterocycles. The number of rotatable bonds is 6. The van der Waals surface area contributed by atoms with E-state index in [0.717, 1.165) is 17.0 Å². The summed E-state index contributed by atoms with van der Waals surface area (Å²) in [5.41, 5.74) is 1.68. The van der Waals surface area contributed by atoms with E-state index in [0.29, 0.717) is 39.9 Å². The number of fused-ring (bicyclic) bond motifs is 1. The van der Waals surface area contributed by atoms with E-state index in [2.05, 4.69) is 4.99 Å². The number of aromatic nitrogens is 1. The lowest BCUT2D eigenvalue weighted by Crippen LogP contribution is -2.42. The van der Waals surface area contributed by atoms with Crippen molar-refractivity contribution in [3.8, 4) is 23.0 Å². The van der Waals surface area contributed by atoms with Gasteiger partial charge in [0.05, 0.1) is 33.0 Å². The van der Waals surface area contributed by atoms with E-state index in [1.807, 2.05) is 47.4 Å². The molecule has 0 amide bonds. The fourth-order valence-electron chi connectivity index (χ4n) is 3.38. The Morgan fingerprint density at radius 3 is 2.23 bits per heavy atom. The maximum Gasteiger partial charge on any atom is 0.271 e. The summed E-state index contributed by atoms with van der Waals surface area (Å²) in [6.07, 6.45) is 1.87. The molecule has 0 bridgehead atoms. The molecule has 8 nitrogen and oxygen atoms in total. The molecular weight excluding hydrogens is 418 g/mol. The highest BCUT2D eigenvalue weighted by atomic mass is 32.1. The molecule has 1 aliphatic heterocycles. The molecule has 0 N–H and O–H groups in total. The summed E-state index contributed by atoms with van der Waals surface area (Å²) in [4.78, 5) is 20.3. The van der Waals surface area contributed by atoms with Crippen molar-refractivity contribution in [3.63, 3.8) is 0 Å². The predicted molar refractivity (Wildman–Crippen MR) is 119 cm³/mol. The van der Waals surface area contributed by atoms with Gasteiger partial charge in [-0.05, 0) is 23.8 Å². The number of thiazole rings is 1. The smallest absolute Gasteiger partial charge is 0.271 e. The molecule has 9 heteroatoms. The summed E-state index contributed by atoms with van der Waals surface area (Å²) >= 11 is 1.39. The van der Waals surface area contributed by atoms with Gasteiger partial charge >= 0.3 is 0 Å². The SMILES string of the molecule is COc1ccc(/C=c2\sc3n(c2=O)CN(c2cc(OC)c(OC)c(OC)c2)CN=3)cc1. The summed E-state index contributed by atoms with van der Waals surface area (Å²) in [6, 6.07) is 11.3. The van der Waals surface area contributed by atoms with Crippen LogP contribution < -0.4 is 38.7 Å². The Morgan fingerprint density at radius 2 is 1.65 bits per heavy atom. The van der Waals surface area contributed by atoms with Gasteiger partial charge in [0.1, 0.15) is 19.1 Å². The monoisotopic (exact) mass is 441 g/mol. The van der Waals surface area contributed by atoms with Crippen LogP contribution in [-0.2, 0) is 6.67 Å². The Labute approximate surface area is 183 Å². The molecule has 0 radical (unpaired) electrons. The highest BCUT2D eigenvalue weighted by Gasteiger charge is 2.20. The first-order valence-corrected chi connectivity index (χ1v) is 10.3.